The summed E-state index contributed by atoms with van der Waals surface area (Å²) < 4.78 is 0. The summed E-state index contributed by atoms with van der Waals surface area (Å²) in [7, 11) is 0. The molecule has 0 radical (unpaired) electrons. The molecule has 0 bridgehead atoms. The monoisotopic (exact) mass is 332 g/mol. The van der Waals surface area contributed by atoms with Gasteiger partial charge in [-0.2, -0.15) is 4.98 Å². The highest BCUT2D eigenvalue weighted by atomic mass is 15.3. The molecule has 3 aromatic rings. The molecule has 0 unspecified atom stereocenters. The van der Waals surface area contributed by atoms with Gasteiger partial charge in [-0.05, 0) is 41.2 Å². The summed E-state index contributed by atoms with van der Waals surface area (Å²) in [5.41, 5.74) is 1.28. The molecule has 1 aliphatic heterocycles. The Hall–Kier alpha value is -2.62. The minimum Gasteiger partial charge on any atom is -0.366 e. The minimum absolute atomic E-state index is 0.759. The van der Waals surface area contributed by atoms with E-state index in [1.165, 1.54) is 29.2 Å². The van der Waals surface area contributed by atoms with E-state index in [1.54, 1.807) is 0 Å². The Morgan fingerprint density at radius 3 is 2.72 bits per heavy atom. The molecule has 4 rings (SSSR count). The summed E-state index contributed by atoms with van der Waals surface area (Å²) in [4.78, 5) is 11.5. The molecule has 1 saturated heterocycles. The summed E-state index contributed by atoms with van der Waals surface area (Å²) in [6.45, 7) is 5.18. The Morgan fingerprint density at radius 2 is 1.84 bits per heavy atom. The summed E-state index contributed by atoms with van der Waals surface area (Å²) in [5.74, 6) is 2.54. The molecule has 1 aromatic heterocycles. The lowest BCUT2D eigenvalue weighted by Crippen LogP contribution is -2.34. The fourth-order valence-corrected chi connectivity index (χ4v) is 3.44. The zero-order chi connectivity index (χ0) is 17.1. The Labute approximate surface area is 148 Å². The van der Waals surface area contributed by atoms with Crippen LogP contribution in [-0.4, -0.2) is 23.1 Å². The molecule has 1 fully saturated rings. The van der Waals surface area contributed by atoms with Gasteiger partial charge in [0.05, 0.1) is 0 Å². The zero-order valence-electron chi connectivity index (χ0n) is 14.7. The molecule has 4 heteroatoms. The molecule has 2 heterocycles. The number of anilines is 2. The van der Waals surface area contributed by atoms with Crippen molar-refractivity contribution in [3.63, 3.8) is 0 Å². The van der Waals surface area contributed by atoms with Gasteiger partial charge >= 0.3 is 0 Å². The van der Waals surface area contributed by atoms with Gasteiger partial charge in [0.25, 0.3) is 0 Å². The smallest absolute Gasteiger partial charge is 0.227 e. The molecule has 128 valence electrons. The quantitative estimate of drug-likeness (QED) is 0.765. The molecule has 0 saturated carbocycles. The maximum absolute atomic E-state index is 4.72. The van der Waals surface area contributed by atoms with E-state index in [9.17, 15) is 0 Å². The number of rotatable bonds is 4. The second-order valence-corrected chi connectivity index (χ2v) is 6.90. The SMILES string of the molecule is CC1CCN(c2nccc(NCc3cccc4ccccc34)n2)CC1. The molecule has 0 atom stereocenters. The zero-order valence-corrected chi connectivity index (χ0v) is 14.7. The van der Waals surface area contributed by atoms with Crippen LogP contribution in [0.5, 0.6) is 0 Å². The second-order valence-electron chi connectivity index (χ2n) is 6.90. The van der Waals surface area contributed by atoms with Crippen molar-refractivity contribution >= 4 is 22.5 Å². The van der Waals surface area contributed by atoms with Crippen LogP contribution in [0.25, 0.3) is 10.8 Å². The first-order valence-corrected chi connectivity index (χ1v) is 9.08. The maximum atomic E-state index is 4.72. The lowest BCUT2D eigenvalue weighted by atomic mass is 10.00. The van der Waals surface area contributed by atoms with Crippen LogP contribution < -0.4 is 10.2 Å². The van der Waals surface area contributed by atoms with Crippen molar-refractivity contribution in [1.29, 1.82) is 0 Å². The third kappa shape index (κ3) is 3.58. The van der Waals surface area contributed by atoms with Gasteiger partial charge in [0, 0.05) is 25.8 Å². The van der Waals surface area contributed by atoms with Gasteiger partial charge in [0.15, 0.2) is 0 Å². The van der Waals surface area contributed by atoms with E-state index in [-0.39, 0.29) is 0 Å². The number of benzene rings is 2. The van der Waals surface area contributed by atoms with Crippen LogP contribution in [0, 0.1) is 5.92 Å². The number of fused-ring (bicyclic) bond motifs is 1. The summed E-state index contributed by atoms with van der Waals surface area (Å²) in [6.07, 6.45) is 4.29. The van der Waals surface area contributed by atoms with Gasteiger partial charge in [0.2, 0.25) is 5.95 Å². The van der Waals surface area contributed by atoms with Crippen molar-refractivity contribution in [3.8, 4) is 0 Å². The highest BCUT2D eigenvalue weighted by Gasteiger charge is 2.18. The highest BCUT2D eigenvalue weighted by Crippen LogP contribution is 2.22. The first-order chi connectivity index (χ1) is 12.3. The number of aromatic nitrogens is 2. The number of nitrogens with zero attached hydrogens (tertiary/aromatic N) is 3. The van der Waals surface area contributed by atoms with Crippen molar-refractivity contribution < 1.29 is 0 Å². The summed E-state index contributed by atoms with van der Waals surface area (Å²) in [5, 5.41) is 6.02. The van der Waals surface area contributed by atoms with Crippen LogP contribution in [0.1, 0.15) is 25.3 Å². The van der Waals surface area contributed by atoms with Crippen LogP contribution in [0.15, 0.2) is 54.7 Å². The number of hydrogen-bond donors (Lipinski definition) is 1. The fourth-order valence-electron chi connectivity index (χ4n) is 3.44. The average molecular weight is 332 g/mol. The molecular weight excluding hydrogens is 308 g/mol. The largest absolute Gasteiger partial charge is 0.366 e. The molecule has 0 aliphatic carbocycles. The van der Waals surface area contributed by atoms with E-state index in [1.807, 2.05) is 12.3 Å². The van der Waals surface area contributed by atoms with E-state index in [0.29, 0.717) is 0 Å². The van der Waals surface area contributed by atoms with Crippen molar-refractivity contribution in [2.24, 2.45) is 5.92 Å². The van der Waals surface area contributed by atoms with Gasteiger partial charge in [-0.25, -0.2) is 4.98 Å². The molecular formula is C21H24N4. The number of piperidine rings is 1. The first-order valence-electron chi connectivity index (χ1n) is 9.08. The number of hydrogen-bond acceptors (Lipinski definition) is 4. The van der Waals surface area contributed by atoms with E-state index in [0.717, 1.165) is 37.3 Å². The van der Waals surface area contributed by atoms with Crippen LogP contribution in [0.3, 0.4) is 0 Å². The van der Waals surface area contributed by atoms with E-state index in [4.69, 9.17) is 4.98 Å². The molecule has 0 amide bonds. The summed E-state index contributed by atoms with van der Waals surface area (Å²) >= 11 is 0. The second kappa shape index (κ2) is 7.09. The first kappa shape index (κ1) is 15.9. The molecule has 2 aromatic carbocycles. The molecule has 1 aliphatic rings. The predicted octanol–water partition coefficient (Wildman–Crippen LogP) is 4.48. The standard InChI is InChI=1S/C21H24N4/c1-16-10-13-25(14-11-16)21-22-12-9-20(24-21)23-15-18-7-4-6-17-5-2-3-8-19(17)18/h2-9,12,16H,10-11,13-15H2,1H3,(H,22,23,24). The van der Waals surface area contributed by atoms with Crippen molar-refractivity contribution in [2.45, 2.75) is 26.3 Å². The minimum atomic E-state index is 0.759. The van der Waals surface area contributed by atoms with Crippen molar-refractivity contribution in [2.75, 3.05) is 23.3 Å². The predicted molar refractivity (Wildman–Crippen MR) is 104 cm³/mol. The maximum Gasteiger partial charge on any atom is 0.227 e. The third-order valence-electron chi connectivity index (χ3n) is 5.05. The Bertz CT molecular complexity index is 848. The van der Waals surface area contributed by atoms with Crippen molar-refractivity contribution in [1.82, 2.24) is 9.97 Å². The van der Waals surface area contributed by atoms with Gasteiger partial charge in [0.1, 0.15) is 5.82 Å². The fraction of sp³-hybridized carbons (Fsp3) is 0.333. The molecule has 0 spiro atoms. The van der Waals surface area contributed by atoms with Crippen LogP contribution in [0.2, 0.25) is 0 Å². The highest BCUT2D eigenvalue weighted by molar-refractivity contribution is 5.85. The molecule has 1 N–H and O–H groups in total. The van der Waals surface area contributed by atoms with E-state index < -0.39 is 0 Å². The van der Waals surface area contributed by atoms with Gasteiger partial charge < -0.3 is 10.2 Å². The molecule has 25 heavy (non-hydrogen) atoms. The number of nitrogens with one attached hydrogen (secondary N) is 1. The van der Waals surface area contributed by atoms with Gasteiger partial charge in [-0.15, -0.1) is 0 Å². The average Bonchev–Trinajstić information content (AvgIpc) is 2.67. The van der Waals surface area contributed by atoms with E-state index >= 15 is 0 Å². The van der Waals surface area contributed by atoms with Crippen LogP contribution in [0.4, 0.5) is 11.8 Å². The van der Waals surface area contributed by atoms with Gasteiger partial charge in [-0.3, -0.25) is 0 Å². The summed E-state index contributed by atoms with van der Waals surface area (Å²) in [6, 6.07) is 16.9. The third-order valence-corrected chi connectivity index (χ3v) is 5.05. The molecule has 4 nitrogen and oxygen atoms in total. The lowest BCUT2D eigenvalue weighted by molar-refractivity contribution is 0.434. The van der Waals surface area contributed by atoms with Crippen molar-refractivity contribution in [3.05, 3.63) is 60.3 Å². The Kier molecular flexibility index (Phi) is 4.51. The lowest BCUT2D eigenvalue weighted by Gasteiger charge is -2.30. The topological polar surface area (TPSA) is 41.1 Å². The van der Waals surface area contributed by atoms with Crippen LogP contribution >= 0.6 is 0 Å². The Balaban J connectivity index is 1.48. The van der Waals surface area contributed by atoms with Gasteiger partial charge in [-0.1, -0.05) is 49.4 Å². The van der Waals surface area contributed by atoms with Crippen LogP contribution in [-0.2, 0) is 6.54 Å². The normalized spacial score (nSPS) is 15.5. The Morgan fingerprint density at radius 1 is 1.04 bits per heavy atom. The van der Waals surface area contributed by atoms with E-state index in [2.05, 4.69) is 64.6 Å².